The van der Waals surface area contributed by atoms with Gasteiger partial charge in [-0.05, 0) is 12.1 Å². The van der Waals surface area contributed by atoms with Gasteiger partial charge in [-0.3, -0.25) is 0 Å². The normalized spacial score (nSPS) is 10.0. The lowest BCUT2D eigenvalue weighted by molar-refractivity contribution is 0.439. The van der Waals surface area contributed by atoms with Gasteiger partial charge in [0, 0.05) is 0 Å². The lowest BCUT2D eigenvalue weighted by atomic mass is 10.2. The van der Waals surface area contributed by atoms with Crippen LogP contribution in [0.25, 0.3) is 11.0 Å². The van der Waals surface area contributed by atoms with E-state index in [9.17, 15) is 4.79 Å². The summed E-state index contributed by atoms with van der Waals surface area (Å²) < 4.78 is 9.66. The van der Waals surface area contributed by atoms with Gasteiger partial charge in [-0.15, -0.1) is 0 Å². The Morgan fingerprint density at radius 1 is 1.33 bits per heavy atom. The van der Waals surface area contributed by atoms with Crippen molar-refractivity contribution >= 4 is 17.4 Å². The molecule has 1 aromatic carbocycles. The molecule has 0 spiro atoms. The van der Waals surface area contributed by atoms with Crippen LogP contribution in [0.4, 0.5) is 0 Å². The third-order valence-electron chi connectivity index (χ3n) is 1.60. The zero-order valence-corrected chi connectivity index (χ0v) is 6.11. The highest BCUT2D eigenvalue weighted by Crippen LogP contribution is 2.26. The lowest BCUT2D eigenvalue weighted by Crippen LogP contribution is -1.85. The summed E-state index contributed by atoms with van der Waals surface area (Å²) in [7, 11) is 0. The first-order valence-electron chi connectivity index (χ1n) is 3.42. The molecule has 1 heterocycles. The van der Waals surface area contributed by atoms with Crippen molar-refractivity contribution in [3.05, 3.63) is 30.5 Å². The maximum absolute atomic E-state index is 9.93. The van der Waals surface area contributed by atoms with E-state index in [4.69, 9.17) is 4.42 Å². The fourth-order valence-electron chi connectivity index (χ4n) is 1.08. The second-order valence-corrected chi connectivity index (χ2v) is 2.28. The minimum Gasteiger partial charge on any atom is -0.460 e. The highest BCUT2D eigenvalue weighted by Gasteiger charge is 2.04. The first kappa shape index (κ1) is 6.91. The van der Waals surface area contributed by atoms with Gasteiger partial charge in [0.05, 0.1) is 5.39 Å². The van der Waals surface area contributed by atoms with Crippen molar-refractivity contribution in [3.8, 4) is 5.75 Å². The Balaban J connectivity index is 2.62. The van der Waals surface area contributed by atoms with E-state index >= 15 is 0 Å². The van der Waals surface area contributed by atoms with Crippen LogP contribution in [0.1, 0.15) is 0 Å². The molecule has 0 aliphatic carbocycles. The van der Waals surface area contributed by atoms with Crippen LogP contribution < -0.4 is 4.74 Å². The van der Waals surface area contributed by atoms with Gasteiger partial charge < -0.3 is 9.15 Å². The van der Waals surface area contributed by atoms with Crippen molar-refractivity contribution in [2.75, 3.05) is 0 Å². The van der Waals surface area contributed by atoms with Crippen LogP contribution in [0.5, 0.6) is 5.75 Å². The fraction of sp³-hybridized carbons (Fsp3) is 0. The Labute approximate surface area is 68.5 Å². The van der Waals surface area contributed by atoms with E-state index in [1.807, 2.05) is 18.2 Å². The molecule has 0 atom stereocenters. The van der Waals surface area contributed by atoms with Gasteiger partial charge in [-0.25, -0.2) is 4.79 Å². The Hall–Kier alpha value is -1.77. The average Bonchev–Trinajstić information content (AvgIpc) is 2.50. The number of rotatable bonds is 2. The van der Waals surface area contributed by atoms with Crippen molar-refractivity contribution < 1.29 is 13.9 Å². The number of benzene rings is 1. The fourth-order valence-corrected chi connectivity index (χ4v) is 1.08. The number of furan rings is 1. The molecule has 2 aromatic rings. The molecule has 0 N–H and O–H groups in total. The minimum absolute atomic E-state index is 0.403. The van der Waals surface area contributed by atoms with E-state index in [2.05, 4.69) is 4.74 Å². The maximum atomic E-state index is 9.93. The van der Waals surface area contributed by atoms with E-state index < -0.39 is 0 Å². The summed E-state index contributed by atoms with van der Waals surface area (Å²) in [5, 5.41) is 0.779. The molecular weight excluding hydrogens is 156 g/mol. The van der Waals surface area contributed by atoms with Crippen LogP contribution in [-0.4, -0.2) is 6.47 Å². The largest absolute Gasteiger partial charge is 0.460 e. The van der Waals surface area contributed by atoms with Gasteiger partial charge in [0.15, 0.2) is 5.75 Å². The number of hydrogen-bond acceptors (Lipinski definition) is 3. The van der Waals surface area contributed by atoms with Crippen molar-refractivity contribution in [2.24, 2.45) is 0 Å². The van der Waals surface area contributed by atoms with Crippen molar-refractivity contribution in [2.45, 2.75) is 0 Å². The molecule has 3 heteroatoms. The third kappa shape index (κ3) is 0.955. The number of para-hydroxylation sites is 1. The van der Waals surface area contributed by atoms with Crippen molar-refractivity contribution in [1.29, 1.82) is 0 Å². The van der Waals surface area contributed by atoms with Crippen LogP contribution in [0, 0.1) is 0 Å². The zero-order valence-electron chi connectivity index (χ0n) is 6.11. The van der Waals surface area contributed by atoms with Gasteiger partial charge >= 0.3 is 6.47 Å². The Bertz CT molecular complexity index is 403. The topological polar surface area (TPSA) is 39.4 Å². The van der Waals surface area contributed by atoms with Crippen LogP contribution in [0.2, 0.25) is 0 Å². The number of ether oxygens (including phenoxy) is 1. The molecule has 0 amide bonds. The summed E-state index contributed by atoms with van der Waals surface area (Å²) in [6, 6.07) is 7.30. The summed E-state index contributed by atoms with van der Waals surface area (Å²) >= 11 is 0. The summed E-state index contributed by atoms with van der Waals surface area (Å²) in [5.74, 6) is 0.403. The summed E-state index contributed by atoms with van der Waals surface area (Å²) in [4.78, 5) is 9.93. The third-order valence-corrected chi connectivity index (χ3v) is 1.60. The Morgan fingerprint density at radius 3 is 3.00 bits per heavy atom. The average molecular weight is 161 g/mol. The molecule has 0 saturated heterocycles. The standard InChI is InChI=1S/C9H5O3/c10-6-12-9-5-11-8-4-2-1-3-7(8)9/h1-5H. The molecule has 0 saturated carbocycles. The first-order chi connectivity index (χ1) is 5.92. The first-order valence-corrected chi connectivity index (χ1v) is 3.42. The monoisotopic (exact) mass is 161 g/mol. The molecule has 12 heavy (non-hydrogen) atoms. The minimum atomic E-state index is 0.403. The van der Waals surface area contributed by atoms with Crippen molar-refractivity contribution in [3.63, 3.8) is 0 Å². The van der Waals surface area contributed by atoms with E-state index in [0.717, 1.165) is 5.39 Å². The highest BCUT2D eigenvalue weighted by molar-refractivity contribution is 5.84. The molecule has 0 aliphatic heterocycles. The maximum Gasteiger partial charge on any atom is 0.423 e. The zero-order chi connectivity index (χ0) is 8.39. The van der Waals surface area contributed by atoms with Crippen molar-refractivity contribution in [1.82, 2.24) is 0 Å². The molecule has 3 nitrogen and oxygen atoms in total. The molecule has 1 aromatic heterocycles. The quantitative estimate of drug-likeness (QED) is 0.675. The summed E-state index contributed by atoms with van der Waals surface area (Å²) in [6.45, 7) is 1.35. The highest BCUT2D eigenvalue weighted by atomic mass is 16.5. The molecular formula is C9H5O3. The predicted molar refractivity (Wildman–Crippen MR) is 42.5 cm³/mol. The van der Waals surface area contributed by atoms with E-state index in [-0.39, 0.29) is 0 Å². The smallest absolute Gasteiger partial charge is 0.423 e. The Kier molecular flexibility index (Phi) is 1.55. The number of carbonyl (C=O) groups excluding carboxylic acids is 1. The van der Waals surface area contributed by atoms with Gasteiger partial charge in [0.2, 0.25) is 0 Å². The molecule has 59 valence electrons. The molecule has 0 fully saturated rings. The van der Waals surface area contributed by atoms with Crippen LogP contribution in [0.3, 0.4) is 0 Å². The second-order valence-electron chi connectivity index (χ2n) is 2.28. The number of fused-ring (bicyclic) bond motifs is 1. The van der Waals surface area contributed by atoms with E-state index in [1.54, 1.807) is 6.07 Å². The van der Waals surface area contributed by atoms with Crippen LogP contribution in [0.15, 0.2) is 34.9 Å². The predicted octanol–water partition coefficient (Wildman–Crippen LogP) is 1.88. The van der Waals surface area contributed by atoms with Gasteiger partial charge in [-0.1, -0.05) is 12.1 Å². The lowest BCUT2D eigenvalue weighted by Gasteiger charge is -1.89. The molecule has 0 unspecified atom stereocenters. The van der Waals surface area contributed by atoms with E-state index in [0.29, 0.717) is 11.3 Å². The molecule has 0 bridgehead atoms. The van der Waals surface area contributed by atoms with Gasteiger partial charge in [0.25, 0.3) is 0 Å². The Morgan fingerprint density at radius 2 is 2.17 bits per heavy atom. The van der Waals surface area contributed by atoms with Crippen LogP contribution in [-0.2, 0) is 4.79 Å². The summed E-state index contributed by atoms with van der Waals surface area (Å²) in [5.41, 5.74) is 0.697. The SMILES string of the molecule is O=[C]Oc1coc2ccccc12. The molecule has 0 aliphatic rings. The van der Waals surface area contributed by atoms with Gasteiger partial charge in [-0.2, -0.15) is 0 Å². The van der Waals surface area contributed by atoms with Crippen LogP contribution >= 0.6 is 0 Å². The number of hydrogen-bond donors (Lipinski definition) is 0. The van der Waals surface area contributed by atoms with E-state index in [1.165, 1.54) is 12.7 Å². The summed E-state index contributed by atoms with van der Waals surface area (Å²) in [6.07, 6.45) is 1.38. The molecule has 2 rings (SSSR count). The van der Waals surface area contributed by atoms with Gasteiger partial charge in [0.1, 0.15) is 11.8 Å². The molecule has 1 radical (unpaired) electrons. The second kappa shape index (κ2) is 2.70.